The second kappa shape index (κ2) is 6.76. The van der Waals surface area contributed by atoms with Gasteiger partial charge in [0.05, 0.1) is 5.56 Å². The molecule has 6 nitrogen and oxygen atoms in total. The zero-order valence-corrected chi connectivity index (χ0v) is 13.1. The van der Waals surface area contributed by atoms with E-state index in [9.17, 15) is 0 Å². The molecule has 2 rings (SSSR count). The van der Waals surface area contributed by atoms with Crippen molar-refractivity contribution in [1.82, 2.24) is 9.88 Å². The van der Waals surface area contributed by atoms with E-state index in [-0.39, 0.29) is 5.84 Å². The molecule has 1 aliphatic rings. The Kier molecular flexibility index (Phi) is 5.01. The van der Waals surface area contributed by atoms with Crippen molar-refractivity contribution in [2.75, 3.05) is 37.6 Å². The Morgan fingerprint density at radius 2 is 2.00 bits per heavy atom. The van der Waals surface area contributed by atoms with Gasteiger partial charge in [0, 0.05) is 38.4 Å². The molecular formula is C15H25N5O. The molecule has 0 radical (unpaired) electrons. The summed E-state index contributed by atoms with van der Waals surface area (Å²) in [5.41, 5.74) is 7.40. The Bertz CT molecular complexity index is 507. The Balaban J connectivity index is 2.14. The first kappa shape index (κ1) is 15.6. The summed E-state index contributed by atoms with van der Waals surface area (Å²) >= 11 is 0. The second-order valence-corrected chi connectivity index (χ2v) is 5.99. The van der Waals surface area contributed by atoms with Gasteiger partial charge in [-0.05, 0) is 25.0 Å². The summed E-state index contributed by atoms with van der Waals surface area (Å²) < 4.78 is 0. The topological polar surface area (TPSA) is 78.0 Å². The van der Waals surface area contributed by atoms with E-state index in [0.29, 0.717) is 11.5 Å². The predicted octanol–water partition coefficient (Wildman–Crippen LogP) is 1.26. The highest BCUT2D eigenvalue weighted by Gasteiger charge is 2.22. The molecule has 116 valence electrons. The van der Waals surface area contributed by atoms with Crippen molar-refractivity contribution in [1.29, 1.82) is 0 Å². The van der Waals surface area contributed by atoms with Gasteiger partial charge in [0.25, 0.3) is 0 Å². The van der Waals surface area contributed by atoms with Gasteiger partial charge >= 0.3 is 0 Å². The highest BCUT2D eigenvalue weighted by atomic mass is 16.4. The maximum absolute atomic E-state index is 8.93. The average Bonchev–Trinajstić information content (AvgIpc) is 2.46. The number of oxime groups is 1. The fourth-order valence-electron chi connectivity index (χ4n) is 2.70. The number of anilines is 1. The number of aryl methyl sites for hydroxylation is 1. The van der Waals surface area contributed by atoms with Gasteiger partial charge in [-0.25, -0.2) is 4.98 Å². The van der Waals surface area contributed by atoms with Crippen LogP contribution in [0.5, 0.6) is 0 Å². The van der Waals surface area contributed by atoms with E-state index in [4.69, 9.17) is 10.9 Å². The quantitative estimate of drug-likeness (QED) is 0.378. The van der Waals surface area contributed by atoms with Crippen molar-refractivity contribution in [2.45, 2.75) is 20.8 Å². The van der Waals surface area contributed by atoms with Gasteiger partial charge in [0.1, 0.15) is 5.82 Å². The van der Waals surface area contributed by atoms with Gasteiger partial charge in [-0.15, -0.1) is 0 Å². The Hall–Kier alpha value is -1.82. The first-order valence-corrected chi connectivity index (χ1v) is 7.44. The van der Waals surface area contributed by atoms with E-state index in [1.165, 1.54) is 0 Å². The molecule has 1 saturated heterocycles. The van der Waals surface area contributed by atoms with Crippen LogP contribution in [0.4, 0.5) is 5.82 Å². The fraction of sp³-hybridized carbons (Fsp3) is 0.600. The Labute approximate surface area is 126 Å². The van der Waals surface area contributed by atoms with Crippen molar-refractivity contribution in [2.24, 2.45) is 16.8 Å². The second-order valence-electron chi connectivity index (χ2n) is 5.99. The summed E-state index contributed by atoms with van der Waals surface area (Å²) in [7, 11) is 0. The first-order chi connectivity index (χ1) is 10.0. The summed E-state index contributed by atoms with van der Waals surface area (Å²) in [5.74, 6) is 1.61. The summed E-state index contributed by atoms with van der Waals surface area (Å²) in [6.07, 6.45) is 0. The number of pyridine rings is 1. The van der Waals surface area contributed by atoms with Crippen LogP contribution in [0.15, 0.2) is 17.3 Å². The van der Waals surface area contributed by atoms with Gasteiger partial charge in [-0.2, -0.15) is 0 Å². The molecule has 2 heterocycles. The lowest BCUT2D eigenvalue weighted by Crippen LogP contribution is -2.48. The van der Waals surface area contributed by atoms with E-state index in [1.807, 2.05) is 19.1 Å². The van der Waals surface area contributed by atoms with Crippen molar-refractivity contribution < 1.29 is 5.21 Å². The van der Waals surface area contributed by atoms with Crippen LogP contribution in [-0.4, -0.2) is 53.7 Å². The maximum Gasteiger partial charge on any atom is 0.173 e. The van der Waals surface area contributed by atoms with Crippen LogP contribution in [0.25, 0.3) is 0 Å². The number of hydrogen-bond acceptors (Lipinski definition) is 5. The predicted molar refractivity (Wildman–Crippen MR) is 85.0 cm³/mol. The zero-order valence-electron chi connectivity index (χ0n) is 13.1. The minimum atomic E-state index is 0.113. The summed E-state index contributed by atoms with van der Waals surface area (Å²) in [5, 5.41) is 12.0. The van der Waals surface area contributed by atoms with Crippen LogP contribution < -0.4 is 10.6 Å². The summed E-state index contributed by atoms with van der Waals surface area (Å²) in [4.78, 5) is 9.28. The van der Waals surface area contributed by atoms with E-state index < -0.39 is 0 Å². The molecule has 0 unspecified atom stereocenters. The highest BCUT2D eigenvalue weighted by molar-refractivity contribution is 6.01. The van der Waals surface area contributed by atoms with Crippen LogP contribution in [0.3, 0.4) is 0 Å². The van der Waals surface area contributed by atoms with Gasteiger partial charge in [0.15, 0.2) is 5.84 Å². The third-order valence-electron chi connectivity index (χ3n) is 3.69. The third kappa shape index (κ3) is 3.85. The Morgan fingerprint density at radius 1 is 1.33 bits per heavy atom. The van der Waals surface area contributed by atoms with Crippen LogP contribution >= 0.6 is 0 Å². The third-order valence-corrected chi connectivity index (χ3v) is 3.69. The smallest absolute Gasteiger partial charge is 0.173 e. The van der Waals surface area contributed by atoms with Gasteiger partial charge < -0.3 is 15.8 Å². The van der Waals surface area contributed by atoms with Gasteiger partial charge in [-0.1, -0.05) is 19.0 Å². The van der Waals surface area contributed by atoms with E-state index >= 15 is 0 Å². The fourth-order valence-corrected chi connectivity index (χ4v) is 2.70. The molecule has 1 aromatic rings. The highest BCUT2D eigenvalue weighted by Crippen LogP contribution is 2.20. The molecule has 3 N–H and O–H groups in total. The van der Waals surface area contributed by atoms with Crippen LogP contribution in [0, 0.1) is 12.8 Å². The number of amidine groups is 1. The minimum absolute atomic E-state index is 0.113. The van der Waals surface area contributed by atoms with Gasteiger partial charge in [0.2, 0.25) is 0 Å². The van der Waals surface area contributed by atoms with Gasteiger partial charge in [-0.3, -0.25) is 4.90 Å². The van der Waals surface area contributed by atoms with Crippen LogP contribution in [-0.2, 0) is 0 Å². The molecule has 0 atom stereocenters. The zero-order chi connectivity index (χ0) is 15.4. The molecule has 1 aromatic heterocycles. The van der Waals surface area contributed by atoms with Crippen LogP contribution in [0.2, 0.25) is 0 Å². The lowest BCUT2D eigenvalue weighted by molar-refractivity contribution is 0.231. The molecule has 21 heavy (non-hydrogen) atoms. The number of nitrogens with zero attached hydrogens (tertiary/aromatic N) is 4. The van der Waals surface area contributed by atoms with E-state index in [2.05, 4.69) is 33.8 Å². The largest absolute Gasteiger partial charge is 0.409 e. The molecule has 0 aliphatic carbocycles. The monoisotopic (exact) mass is 291 g/mol. The van der Waals surface area contributed by atoms with Crippen molar-refractivity contribution >= 4 is 11.7 Å². The Morgan fingerprint density at radius 3 is 2.57 bits per heavy atom. The normalized spacial score (nSPS) is 17.5. The van der Waals surface area contributed by atoms with E-state index in [0.717, 1.165) is 44.2 Å². The molecule has 0 amide bonds. The molecule has 1 aliphatic heterocycles. The lowest BCUT2D eigenvalue weighted by Gasteiger charge is -2.36. The van der Waals surface area contributed by atoms with E-state index in [1.54, 1.807) is 0 Å². The average molecular weight is 291 g/mol. The number of piperazine rings is 1. The first-order valence-electron chi connectivity index (χ1n) is 7.44. The molecule has 0 bridgehead atoms. The van der Waals surface area contributed by atoms with Crippen molar-refractivity contribution in [3.63, 3.8) is 0 Å². The summed E-state index contributed by atoms with van der Waals surface area (Å²) in [6.45, 7) is 11.4. The lowest BCUT2D eigenvalue weighted by atomic mass is 10.1. The molecular weight excluding hydrogens is 266 g/mol. The van der Waals surface area contributed by atoms with Crippen molar-refractivity contribution in [3.05, 3.63) is 23.4 Å². The molecule has 0 saturated carbocycles. The molecule has 1 fully saturated rings. The van der Waals surface area contributed by atoms with Crippen molar-refractivity contribution in [3.8, 4) is 0 Å². The summed E-state index contributed by atoms with van der Waals surface area (Å²) in [6, 6.07) is 3.75. The standard InChI is InChI=1S/C15H25N5O/c1-11(2)10-19-6-8-20(9-7-19)15-13(14(16)18-21)5-4-12(3)17-15/h4-5,11,21H,6-10H2,1-3H3,(H2,16,18). The molecule has 0 spiro atoms. The number of nitrogens with two attached hydrogens (primary N) is 1. The molecule has 6 heteroatoms. The van der Waals surface area contributed by atoms with Crippen LogP contribution in [0.1, 0.15) is 25.1 Å². The molecule has 0 aromatic carbocycles. The SMILES string of the molecule is Cc1ccc(C(N)=NO)c(N2CCN(CC(C)C)CC2)n1. The minimum Gasteiger partial charge on any atom is -0.409 e. The number of rotatable bonds is 4. The number of aromatic nitrogens is 1. The number of hydrogen-bond donors (Lipinski definition) is 2. The maximum atomic E-state index is 8.93.